The molecule has 0 radical (unpaired) electrons. The minimum Gasteiger partial charge on any atom is -0.489 e. The van der Waals surface area contributed by atoms with Crippen LogP contribution in [-0.4, -0.2) is 57.1 Å². The molecule has 2 rings (SSSR count). The van der Waals surface area contributed by atoms with Crippen molar-refractivity contribution in [1.29, 1.82) is 0 Å². The molecular formula is C21H28F2N4O. The molecule has 5 nitrogen and oxygen atoms in total. The van der Waals surface area contributed by atoms with E-state index in [0.717, 1.165) is 5.56 Å². The molecule has 1 N–H and O–H groups in total. The molecule has 0 saturated carbocycles. The van der Waals surface area contributed by atoms with Crippen LogP contribution in [0.15, 0.2) is 47.5 Å². The summed E-state index contributed by atoms with van der Waals surface area (Å²) in [6.45, 7) is 1.92. The first kappa shape index (κ1) is 21.6. The number of likely N-dealkylation sites (N-methyl/N-ethyl adjacent to an activating group) is 1. The number of guanidine groups is 1. The summed E-state index contributed by atoms with van der Waals surface area (Å²) in [6, 6.07) is 11.4. The predicted molar refractivity (Wildman–Crippen MR) is 109 cm³/mol. The smallest absolute Gasteiger partial charge is 0.193 e. The van der Waals surface area contributed by atoms with Crippen LogP contribution in [0, 0.1) is 11.6 Å². The minimum absolute atomic E-state index is 0.204. The van der Waals surface area contributed by atoms with E-state index in [1.807, 2.05) is 37.0 Å². The number of hydrogen-bond acceptors (Lipinski definition) is 3. The van der Waals surface area contributed by atoms with Crippen LogP contribution in [0.5, 0.6) is 5.75 Å². The monoisotopic (exact) mass is 390 g/mol. The molecule has 0 atom stereocenters. The Kier molecular flexibility index (Phi) is 8.19. The van der Waals surface area contributed by atoms with Crippen LogP contribution in [0.1, 0.15) is 11.1 Å². The van der Waals surface area contributed by atoms with Gasteiger partial charge in [-0.3, -0.25) is 4.99 Å². The van der Waals surface area contributed by atoms with Gasteiger partial charge >= 0.3 is 0 Å². The van der Waals surface area contributed by atoms with Gasteiger partial charge in [-0.15, -0.1) is 0 Å². The molecule has 0 amide bonds. The topological polar surface area (TPSA) is 40.1 Å². The van der Waals surface area contributed by atoms with Crippen LogP contribution in [-0.2, 0) is 13.1 Å². The zero-order valence-corrected chi connectivity index (χ0v) is 16.9. The first-order valence-electron chi connectivity index (χ1n) is 9.12. The lowest BCUT2D eigenvalue weighted by Gasteiger charge is -2.22. The van der Waals surface area contributed by atoms with Crippen molar-refractivity contribution in [2.75, 3.05) is 41.3 Å². The van der Waals surface area contributed by atoms with Gasteiger partial charge in [0.15, 0.2) is 17.5 Å². The number of hydrogen-bond donors (Lipinski definition) is 1. The van der Waals surface area contributed by atoms with Crippen molar-refractivity contribution in [2.24, 2.45) is 4.99 Å². The van der Waals surface area contributed by atoms with Crippen molar-refractivity contribution in [3.63, 3.8) is 0 Å². The summed E-state index contributed by atoms with van der Waals surface area (Å²) in [7, 11) is 7.38. The largest absolute Gasteiger partial charge is 0.489 e. The Hall–Kier alpha value is -2.67. The highest BCUT2D eigenvalue weighted by Gasteiger charge is 2.09. The number of rotatable bonds is 8. The maximum atomic E-state index is 13.9. The van der Waals surface area contributed by atoms with Crippen molar-refractivity contribution in [3.8, 4) is 5.75 Å². The van der Waals surface area contributed by atoms with E-state index in [1.54, 1.807) is 31.3 Å². The second-order valence-electron chi connectivity index (χ2n) is 6.76. The lowest BCUT2D eigenvalue weighted by Crippen LogP contribution is -2.40. The lowest BCUT2D eigenvalue weighted by atomic mass is 10.1. The Morgan fingerprint density at radius 2 is 1.82 bits per heavy atom. The molecule has 0 bridgehead atoms. The van der Waals surface area contributed by atoms with E-state index < -0.39 is 0 Å². The molecule has 152 valence electrons. The van der Waals surface area contributed by atoms with Crippen LogP contribution in [0.3, 0.4) is 0 Å². The van der Waals surface area contributed by atoms with E-state index in [1.165, 1.54) is 12.1 Å². The first-order valence-corrected chi connectivity index (χ1v) is 9.12. The number of halogens is 2. The van der Waals surface area contributed by atoms with Crippen LogP contribution in [0.2, 0.25) is 0 Å². The molecule has 2 aromatic rings. The van der Waals surface area contributed by atoms with Gasteiger partial charge in [0.1, 0.15) is 12.4 Å². The molecule has 0 fully saturated rings. The number of nitrogens with zero attached hydrogens (tertiary/aromatic N) is 3. The van der Waals surface area contributed by atoms with E-state index in [0.29, 0.717) is 37.8 Å². The fraction of sp³-hybridized carbons (Fsp3) is 0.381. The van der Waals surface area contributed by atoms with Crippen molar-refractivity contribution < 1.29 is 13.5 Å². The first-order chi connectivity index (χ1) is 13.4. The van der Waals surface area contributed by atoms with Crippen molar-refractivity contribution >= 4 is 5.96 Å². The van der Waals surface area contributed by atoms with E-state index >= 15 is 0 Å². The predicted octanol–water partition coefficient (Wildman–Crippen LogP) is 3.11. The quantitative estimate of drug-likeness (QED) is 0.555. The van der Waals surface area contributed by atoms with Crippen LogP contribution in [0.25, 0.3) is 0 Å². The van der Waals surface area contributed by atoms with E-state index in [-0.39, 0.29) is 17.4 Å². The molecule has 0 spiro atoms. The number of benzene rings is 2. The van der Waals surface area contributed by atoms with Gasteiger partial charge < -0.3 is 19.9 Å². The highest BCUT2D eigenvalue weighted by atomic mass is 19.1. The van der Waals surface area contributed by atoms with Gasteiger partial charge in [-0.25, -0.2) is 8.78 Å². The van der Waals surface area contributed by atoms with Crippen LogP contribution in [0.4, 0.5) is 8.78 Å². The zero-order valence-electron chi connectivity index (χ0n) is 16.9. The Bertz CT molecular complexity index is 796. The van der Waals surface area contributed by atoms with E-state index in [4.69, 9.17) is 4.74 Å². The second-order valence-corrected chi connectivity index (χ2v) is 6.76. The standard InChI is InChI=1S/C21H28F2N4O/c1-24-21(27(4)11-12-28-20-8-6-5-7-19(20)23)25-14-16-9-10-18(22)17(13-16)15-26(2)3/h5-10,13H,11-12,14-15H2,1-4H3,(H,24,25). The van der Waals surface area contributed by atoms with Gasteiger partial charge in [0, 0.05) is 32.7 Å². The van der Waals surface area contributed by atoms with Crippen molar-refractivity contribution in [1.82, 2.24) is 15.1 Å². The van der Waals surface area contributed by atoms with Gasteiger partial charge in [0.05, 0.1) is 6.54 Å². The number of ether oxygens (including phenoxy) is 1. The van der Waals surface area contributed by atoms with E-state index in [9.17, 15) is 8.78 Å². The Labute approximate surface area is 165 Å². The summed E-state index contributed by atoms with van der Waals surface area (Å²) in [4.78, 5) is 8.08. The molecule has 0 aliphatic carbocycles. The molecular weight excluding hydrogens is 362 g/mol. The molecule has 0 aliphatic heterocycles. The van der Waals surface area contributed by atoms with Crippen LogP contribution >= 0.6 is 0 Å². The summed E-state index contributed by atoms with van der Waals surface area (Å²) >= 11 is 0. The fourth-order valence-corrected chi connectivity index (χ4v) is 2.73. The normalized spacial score (nSPS) is 11.6. The number of nitrogens with one attached hydrogen (secondary N) is 1. The highest BCUT2D eigenvalue weighted by molar-refractivity contribution is 5.79. The van der Waals surface area contributed by atoms with Gasteiger partial charge in [0.25, 0.3) is 0 Å². The minimum atomic E-state index is -0.377. The molecule has 0 aliphatic rings. The Balaban J connectivity index is 1.87. The fourth-order valence-electron chi connectivity index (χ4n) is 2.73. The molecule has 2 aromatic carbocycles. The third-order valence-corrected chi connectivity index (χ3v) is 4.14. The van der Waals surface area contributed by atoms with Gasteiger partial charge in [-0.05, 0) is 43.9 Å². The van der Waals surface area contributed by atoms with Gasteiger partial charge in [0.2, 0.25) is 0 Å². The average Bonchev–Trinajstić information content (AvgIpc) is 2.66. The maximum absolute atomic E-state index is 13.9. The van der Waals surface area contributed by atoms with Crippen molar-refractivity contribution in [2.45, 2.75) is 13.1 Å². The van der Waals surface area contributed by atoms with Crippen LogP contribution < -0.4 is 10.1 Å². The maximum Gasteiger partial charge on any atom is 0.193 e. The molecule has 0 heterocycles. The highest BCUT2D eigenvalue weighted by Crippen LogP contribution is 2.15. The number of aliphatic imine (C=N–C) groups is 1. The van der Waals surface area contributed by atoms with Gasteiger partial charge in [-0.1, -0.05) is 18.2 Å². The molecule has 28 heavy (non-hydrogen) atoms. The zero-order chi connectivity index (χ0) is 20.5. The second kappa shape index (κ2) is 10.6. The third kappa shape index (κ3) is 6.49. The van der Waals surface area contributed by atoms with Gasteiger partial charge in [-0.2, -0.15) is 0 Å². The van der Waals surface area contributed by atoms with E-state index in [2.05, 4.69) is 10.3 Å². The molecule has 0 unspecified atom stereocenters. The molecule has 7 heteroatoms. The average molecular weight is 390 g/mol. The molecule has 0 saturated heterocycles. The Morgan fingerprint density at radius 3 is 2.50 bits per heavy atom. The summed E-state index contributed by atoms with van der Waals surface area (Å²) < 4.78 is 33.0. The summed E-state index contributed by atoms with van der Waals surface area (Å²) in [5, 5.41) is 3.26. The Morgan fingerprint density at radius 1 is 1.07 bits per heavy atom. The summed E-state index contributed by atoms with van der Waals surface area (Å²) in [6.07, 6.45) is 0. The third-order valence-electron chi connectivity index (χ3n) is 4.14. The van der Waals surface area contributed by atoms with Crippen molar-refractivity contribution in [3.05, 3.63) is 65.2 Å². The number of para-hydroxylation sites is 1. The SMILES string of the molecule is CN=C(NCc1ccc(F)c(CN(C)C)c1)N(C)CCOc1ccccc1F. The summed E-state index contributed by atoms with van der Waals surface area (Å²) in [5.41, 5.74) is 1.63. The summed E-state index contributed by atoms with van der Waals surface area (Å²) in [5.74, 6) is 0.330. The molecule has 0 aromatic heterocycles. The lowest BCUT2D eigenvalue weighted by molar-refractivity contribution is 0.270.